The molecule has 3 heterocycles. The molecule has 0 saturated carbocycles. The summed E-state index contributed by atoms with van der Waals surface area (Å²) in [5.74, 6) is 4.46. The molecule has 0 radical (unpaired) electrons. The highest BCUT2D eigenvalue weighted by Gasteiger charge is 2.53. The minimum absolute atomic E-state index is 0.0460. The fourth-order valence-corrected chi connectivity index (χ4v) is 5.38. The number of benzene rings is 1. The minimum Gasteiger partial charge on any atom is -0.477 e. The van der Waals surface area contributed by atoms with Gasteiger partial charge in [0, 0.05) is 16.2 Å². The van der Waals surface area contributed by atoms with E-state index >= 15 is 0 Å². The number of carboxylic acid groups (broad SMARTS) is 1. The third-order valence-electron chi connectivity index (χ3n) is 4.79. The van der Waals surface area contributed by atoms with Gasteiger partial charge in [-0.05, 0) is 41.3 Å². The molecular weight excluding hydrogens is 432 g/mol. The van der Waals surface area contributed by atoms with Gasteiger partial charge in [-0.15, -0.1) is 23.1 Å². The molecule has 0 spiro atoms. The van der Waals surface area contributed by atoms with E-state index in [4.69, 9.17) is 0 Å². The molecule has 2 aliphatic heterocycles. The van der Waals surface area contributed by atoms with Gasteiger partial charge in [0.25, 0.3) is 5.91 Å². The highest BCUT2D eigenvalue weighted by Crippen LogP contribution is 2.40. The Bertz CT molecular complexity index is 1130. The molecule has 2 aliphatic rings. The molecule has 2 aromatic rings. The average molecular weight is 451 g/mol. The van der Waals surface area contributed by atoms with E-state index in [-0.39, 0.29) is 18.0 Å². The smallest absolute Gasteiger partial charge is 0.352 e. The lowest BCUT2D eigenvalue weighted by Gasteiger charge is -2.49. The average Bonchev–Trinajstić information content (AvgIpc) is 3.28. The standard InChI is InChI=1S/C23H18N2O4S2/c26-18(13-17-11-6-12-30-17)24-19-21(27)25-20(23(28)29)16(14-31-22(19)25)10-5-4-9-15-7-2-1-3-8-15/h1-3,5-8,10-12,19,22H,13-14H2,(H,24,26)(H,28,29)/b10-5-/t19-,22-/m1/s1. The van der Waals surface area contributed by atoms with E-state index in [0.717, 1.165) is 10.4 Å². The molecule has 1 aromatic carbocycles. The number of rotatable bonds is 5. The maximum absolute atomic E-state index is 12.7. The van der Waals surface area contributed by atoms with Crippen LogP contribution in [-0.2, 0) is 20.8 Å². The number of allylic oxidation sites excluding steroid dienone is 2. The van der Waals surface area contributed by atoms with Crippen molar-refractivity contribution >= 4 is 40.9 Å². The van der Waals surface area contributed by atoms with E-state index in [1.54, 1.807) is 12.2 Å². The number of carboxylic acids is 1. The largest absolute Gasteiger partial charge is 0.477 e. The SMILES string of the molecule is O=C(Cc1cccs1)N[C@@H]1C(=O)N2C(C(=O)O)=C(/C=C\C#Cc3ccccc3)CS[C@H]12. The molecule has 0 unspecified atom stereocenters. The van der Waals surface area contributed by atoms with E-state index in [9.17, 15) is 19.5 Å². The monoisotopic (exact) mass is 450 g/mol. The summed E-state index contributed by atoms with van der Waals surface area (Å²) in [4.78, 5) is 39.0. The minimum atomic E-state index is -1.17. The molecule has 2 atom stereocenters. The number of thioether (sulfide) groups is 1. The molecule has 156 valence electrons. The zero-order valence-corrected chi connectivity index (χ0v) is 17.9. The van der Waals surface area contributed by atoms with Crippen molar-refractivity contribution in [3.8, 4) is 11.8 Å². The maximum Gasteiger partial charge on any atom is 0.352 e. The Morgan fingerprint density at radius 1 is 1.23 bits per heavy atom. The Morgan fingerprint density at radius 2 is 2.03 bits per heavy atom. The zero-order chi connectivity index (χ0) is 21.8. The quantitative estimate of drug-likeness (QED) is 0.540. The number of fused-ring (bicyclic) bond motifs is 1. The zero-order valence-electron chi connectivity index (χ0n) is 16.3. The lowest BCUT2D eigenvalue weighted by Crippen LogP contribution is -2.70. The van der Waals surface area contributed by atoms with Crippen LogP contribution in [0.25, 0.3) is 0 Å². The van der Waals surface area contributed by atoms with Crippen molar-refractivity contribution in [1.82, 2.24) is 10.2 Å². The number of thiophene rings is 1. The van der Waals surface area contributed by atoms with E-state index in [2.05, 4.69) is 17.2 Å². The van der Waals surface area contributed by atoms with Crippen molar-refractivity contribution in [3.05, 3.63) is 81.7 Å². The van der Waals surface area contributed by atoms with Gasteiger partial charge < -0.3 is 10.4 Å². The van der Waals surface area contributed by atoms with Gasteiger partial charge in [-0.25, -0.2) is 4.79 Å². The Hall–Kier alpha value is -3.28. The Labute approximate surface area is 187 Å². The van der Waals surface area contributed by atoms with Crippen molar-refractivity contribution in [2.24, 2.45) is 0 Å². The van der Waals surface area contributed by atoms with E-state index in [1.165, 1.54) is 28.0 Å². The summed E-state index contributed by atoms with van der Waals surface area (Å²) >= 11 is 2.91. The topological polar surface area (TPSA) is 86.7 Å². The summed E-state index contributed by atoms with van der Waals surface area (Å²) < 4.78 is 0. The van der Waals surface area contributed by atoms with Crippen molar-refractivity contribution < 1.29 is 19.5 Å². The van der Waals surface area contributed by atoms with Crippen LogP contribution in [0.15, 0.2) is 71.3 Å². The summed E-state index contributed by atoms with van der Waals surface area (Å²) in [5.41, 5.74) is 1.33. The first-order chi connectivity index (χ1) is 15.0. The van der Waals surface area contributed by atoms with Gasteiger partial charge in [-0.3, -0.25) is 14.5 Å². The molecule has 31 heavy (non-hydrogen) atoms. The lowest BCUT2D eigenvalue weighted by molar-refractivity contribution is -0.150. The lowest BCUT2D eigenvalue weighted by atomic mass is 10.0. The molecule has 4 rings (SSSR count). The maximum atomic E-state index is 12.7. The molecule has 0 bridgehead atoms. The third kappa shape index (κ3) is 4.58. The van der Waals surface area contributed by atoms with E-state index in [1.807, 2.05) is 47.8 Å². The second kappa shape index (κ2) is 9.25. The molecule has 6 nitrogen and oxygen atoms in total. The number of nitrogens with zero attached hydrogens (tertiary/aromatic N) is 1. The van der Waals surface area contributed by atoms with Crippen LogP contribution in [0.3, 0.4) is 0 Å². The molecule has 1 aromatic heterocycles. The molecule has 2 N–H and O–H groups in total. The molecule has 0 aliphatic carbocycles. The number of β-lactam (4-membered cyclic amide) rings is 1. The number of hydrogen-bond donors (Lipinski definition) is 2. The highest BCUT2D eigenvalue weighted by atomic mass is 32.2. The number of nitrogens with one attached hydrogen (secondary N) is 1. The summed E-state index contributed by atoms with van der Waals surface area (Å²) in [5, 5.41) is 13.9. The van der Waals surface area contributed by atoms with Gasteiger partial charge in [-0.2, -0.15) is 0 Å². The first kappa shape index (κ1) is 21.0. The summed E-state index contributed by atoms with van der Waals surface area (Å²) in [7, 11) is 0. The van der Waals surface area contributed by atoms with Crippen LogP contribution >= 0.6 is 23.1 Å². The predicted octanol–water partition coefficient (Wildman–Crippen LogP) is 2.64. The predicted molar refractivity (Wildman–Crippen MR) is 120 cm³/mol. The van der Waals surface area contributed by atoms with Crippen molar-refractivity contribution in [2.45, 2.75) is 17.8 Å². The fourth-order valence-electron chi connectivity index (χ4n) is 3.36. The number of amides is 2. The Morgan fingerprint density at radius 3 is 2.74 bits per heavy atom. The van der Waals surface area contributed by atoms with Crippen molar-refractivity contribution in [3.63, 3.8) is 0 Å². The number of hydrogen-bond acceptors (Lipinski definition) is 5. The van der Waals surface area contributed by atoms with Crippen LogP contribution in [0.4, 0.5) is 0 Å². The Balaban J connectivity index is 1.46. The van der Waals surface area contributed by atoms with Crippen LogP contribution in [-0.4, -0.2) is 45.0 Å². The van der Waals surface area contributed by atoms with Gasteiger partial charge in [0.05, 0.1) is 6.42 Å². The van der Waals surface area contributed by atoms with Crippen LogP contribution in [0, 0.1) is 11.8 Å². The van der Waals surface area contributed by atoms with Crippen LogP contribution in [0.5, 0.6) is 0 Å². The van der Waals surface area contributed by atoms with Gasteiger partial charge in [0.15, 0.2) is 0 Å². The molecule has 1 saturated heterocycles. The molecule has 2 amide bonds. The molecule has 1 fully saturated rings. The Kier molecular flexibility index (Phi) is 6.26. The van der Waals surface area contributed by atoms with Crippen LogP contribution in [0.1, 0.15) is 10.4 Å². The van der Waals surface area contributed by atoms with Gasteiger partial charge in [-0.1, -0.05) is 36.1 Å². The van der Waals surface area contributed by atoms with Crippen LogP contribution in [0.2, 0.25) is 0 Å². The van der Waals surface area contributed by atoms with Gasteiger partial charge in [0.1, 0.15) is 17.1 Å². The molecular formula is C23H18N2O4S2. The number of carbonyl (C=O) groups is 3. The summed E-state index contributed by atoms with van der Waals surface area (Å²) in [6, 6.07) is 12.5. The first-order valence-corrected chi connectivity index (χ1v) is 11.4. The second-order valence-electron chi connectivity index (χ2n) is 6.86. The number of carbonyl (C=O) groups excluding carboxylic acids is 2. The van der Waals surface area contributed by atoms with E-state index in [0.29, 0.717) is 11.3 Å². The van der Waals surface area contributed by atoms with E-state index < -0.39 is 23.3 Å². The molecule has 8 heteroatoms. The summed E-state index contributed by atoms with van der Waals surface area (Å²) in [6.07, 6.45) is 3.43. The number of aliphatic carboxylic acids is 1. The fraction of sp³-hybridized carbons (Fsp3) is 0.174. The van der Waals surface area contributed by atoms with Gasteiger partial charge in [0.2, 0.25) is 5.91 Å². The first-order valence-electron chi connectivity index (χ1n) is 9.50. The second-order valence-corrected chi connectivity index (χ2v) is 9.00. The van der Waals surface area contributed by atoms with Crippen LogP contribution < -0.4 is 5.32 Å². The third-order valence-corrected chi connectivity index (χ3v) is 6.97. The normalized spacial score (nSPS) is 20.0. The summed E-state index contributed by atoms with van der Waals surface area (Å²) in [6.45, 7) is 0. The highest BCUT2D eigenvalue weighted by molar-refractivity contribution is 8.00. The van der Waals surface area contributed by atoms with Gasteiger partial charge >= 0.3 is 5.97 Å². The van der Waals surface area contributed by atoms with Crippen molar-refractivity contribution in [1.29, 1.82) is 0 Å². The van der Waals surface area contributed by atoms with Crippen molar-refractivity contribution in [2.75, 3.05) is 5.75 Å².